The lowest BCUT2D eigenvalue weighted by atomic mass is 10.1. The van der Waals surface area contributed by atoms with Gasteiger partial charge in [0.15, 0.2) is 0 Å². The molecule has 0 saturated carbocycles. The summed E-state index contributed by atoms with van der Waals surface area (Å²) in [5.41, 5.74) is 0.349. The van der Waals surface area contributed by atoms with Gasteiger partial charge in [0, 0.05) is 5.56 Å². The average Bonchev–Trinajstić information content (AvgIpc) is 2.17. The molecule has 0 unspecified atom stereocenters. The summed E-state index contributed by atoms with van der Waals surface area (Å²) in [5.74, 6) is -0.486. The minimum atomic E-state index is -0.486. The van der Waals surface area contributed by atoms with Gasteiger partial charge in [0.2, 0.25) is 0 Å². The van der Waals surface area contributed by atoms with E-state index >= 15 is 0 Å². The number of hydrogen-bond acceptors (Lipinski definition) is 4. The van der Waals surface area contributed by atoms with Crippen molar-refractivity contribution in [2.45, 2.75) is 6.42 Å². The Bertz CT molecular complexity index is 405. The number of para-hydroxylation sites is 1. The molecule has 6 heteroatoms. The van der Waals surface area contributed by atoms with E-state index in [9.17, 15) is 14.9 Å². The SMILES string of the molecule is COC(=O)Cc1cccc(I)c1[N+](=O)[O-]. The maximum absolute atomic E-state index is 11.0. The number of carbonyl (C=O) groups is 1. The molecule has 0 saturated heterocycles. The molecule has 80 valence electrons. The Hall–Kier alpha value is -1.18. The van der Waals surface area contributed by atoms with Crippen LogP contribution in [0.4, 0.5) is 5.69 Å². The summed E-state index contributed by atoms with van der Waals surface area (Å²) in [5, 5.41) is 10.8. The number of esters is 1. The standard InChI is InChI=1S/C9H8INO4/c1-15-8(12)5-6-3-2-4-7(10)9(6)11(13)14/h2-4H,5H2,1H3. The van der Waals surface area contributed by atoms with Gasteiger partial charge in [-0.3, -0.25) is 14.9 Å². The number of ether oxygens (including phenoxy) is 1. The summed E-state index contributed by atoms with van der Waals surface area (Å²) in [6.45, 7) is 0. The minimum absolute atomic E-state index is 0.0245. The Morgan fingerprint density at radius 2 is 2.27 bits per heavy atom. The van der Waals surface area contributed by atoms with E-state index in [1.807, 2.05) is 22.6 Å². The van der Waals surface area contributed by atoms with E-state index in [4.69, 9.17) is 0 Å². The highest BCUT2D eigenvalue weighted by Crippen LogP contribution is 2.25. The van der Waals surface area contributed by atoms with Crippen molar-refractivity contribution in [3.8, 4) is 0 Å². The van der Waals surface area contributed by atoms with Crippen LogP contribution in [0, 0.1) is 13.7 Å². The normalized spacial score (nSPS) is 9.73. The molecule has 0 amide bonds. The van der Waals surface area contributed by atoms with Crippen molar-refractivity contribution < 1.29 is 14.5 Å². The van der Waals surface area contributed by atoms with Crippen LogP contribution in [-0.2, 0) is 16.0 Å². The molecule has 0 aliphatic heterocycles. The molecule has 15 heavy (non-hydrogen) atoms. The Morgan fingerprint density at radius 3 is 2.80 bits per heavy atom. The predicted octanol–water partition coefficient (Wildman–Crippen LogP) is 1.91. The number of benzene rings is 1. The zero-order valence-electron chi connectivity index (χ0n) is 7.90. The first-order valence-corrected chi connectivity index (χ1v) is 5.12. The fraction of sp³-hybridized carbons (Fsp3) is 0.222. The highest BCUT2D eigenvalue weighted by atomic mass is 127. The Kier molecular flexibility index (Phi) is 4.01. The van der Waals surface area contributed by atoms with E-state index in [-0.39, 0.29) is 12.1 Å². The molecule has 0 aliphatic rings. The third kappa shape index (κ3) is 2.88. The van der Waals surface area contributed by atoms with Crippen LogP contribution < -0.4 is 0 Å². The van der Waals surface area contributed by atoms with Gasteiger partial charge >= 0.3 is 5.97 Å². The van der Waals surface area contributed by atoms with Crippen LogP contribution in [0.15, 0.2) is 18.2 Å². The summed E-state index contributed by atoms with van der Waals surface area (Å²) in [4.78, 5) is 21.3. The monoisotopic (exact) mass is 321 g/mol. The van der Waals surface area contributed by atoms with E-state index in [0.717, 1.165) is 0 Å². The van der Waals surface area contributed by atoms with Gasteiger partial charge in [-0.1, -0.05) is 12.1 Å². The second kappa shape index (κ2) is 5.06. The van der Waals surface area contributed by atoms with Gasteiger partial charge in [-0.2, -0.15) is 0 Å². The van der Waals surface area contributed by atoms with Gasteiger partial charge in [-0.15, -0.1) is 0 Å². The van der Waals surface area contributed by atoms with Gasteiger partial charge in [0.05, 0.1) is 22.0 Å². The van der Waals surface area contributed by atoms with Crippen molar-refractivity contribution in [2.75, 3.05) is 7.11 Å². The molecule has 1 rings (SSSR count). The molecule has 1 aromatic rings. The van der Waals surface area contributed by atoms with Gasteiger partial charge in [-0.05, 0) is 28.7 Å². The molecule has 0 heterocycles. The van der Waals surface area contributed by atoms with Crippen molar-refractivity contribution >= 4 is 34.2 Å². The molecule has 5 nitrogen and oxygen atoms in total. The number of rotatable bonds is 3. The zero-order valence-corrected chi connectivity index (χ0v) is 10.1. The van der Waals surface area contributed by atoms with Crippen LogP contribution in [-0.4, -0.2) is 18.0 Å². The second-order valence-electron chi connectivity index (χ2n) is 2.76. The molecule has 0 aromatic heterocycles. The number of carbonyl (C=O) groups excluding carboxylic acids is 1. The van der Waals surface area contributed by atoms with Gasteiger partial charge in [0.25, 0.3) is 5.69 Å². The largest absolute Gasteiger partial charge is 0.469 e. The first-order chi connectivity index (χ1) is 7.06. The number of nitro groups is 1. The van der Waals surface area contributed by atoms with Crippen LogP contribution in [0.2, 0.25) is 0 Å². The summed E-state index contributed by atoms with van der Waals surface area (Å²) in [6, 6.07) is 4.85. The van der Waals surface area contributed by atoms with Crippen molar-refractivity contribution in [1.82, 2.24) is 0 Å². The maximum atomic E-state index is 11.0. The molecule has 1 aromatic carbocycles. The second-order valence-corrected chi connectivity index (χ2v) is 3.92. The minimum Gasteiger partial charge on any atom is -0.469 e. The van der Waals surface area contributed by atoms with Gasteiger partial charge in [0.1, 0.15) is 0 Å². The summed E-state index contributed by atoms with van der Waals surface area (Å²) in [6.07, 6.45) is -0.0797. The third-order valence-electron chi connectivity index (χ3n) is 1.82. The van der Waals surface area contributed by atoms with E-state index < -0.39 is 10.9 Å². The Labute approximate surface area is 99.7 Å². The number of halogens is 1. The summed E-state index contributed by atoms with van der Waals surface area (Å²) >= 11 is 1.87. The molecule has 0 fully saturated rings. The molecule has 0 aliphatic carbocycles. The highest BCUT2D eigenvalue weighted by molar-refractivity contribution is 14.1. The summed E-state index contributed by atoms with van der Waals surface area (Å²) in [7, 11) is 1.25. The van der Waals surface area contributed by atoms with Crippen molar-refractivity contribution in [3.05, 3.63) is 37.4 Å². The van der Waals surface area contributed by atoms with Crippen LogP contribution in [0.5, 0.6) is 0 Å². The van der Waals surface area contributed by atoms with Gasteiger partial charge in [-0.25, -0.2) is 0 Å². The molecule has 0 N–H and O–H groups in total. The topological polar surface area (TPSA) is 69.4 Å². The highest BCUT2D eigenvalue weighted by Gasteiger charge is 2.19. The number of hydrogen-bond donors (Lipinski definition) is 0. The molecular formula is C9H8INO4. The van der Waals surface area contributed by atoms with Crippen LogP contribution in [0.1, 0.15) is 5.56 Å². The van der Waals surface area contributed by atoms with Crippen molar-refractivity contribution in [1.29, 1.82) is 0 Å². The van der Waals surface area contributed by atoms with Gasteiger partial charge < -0.3 is 4.74 Å². The molecule has 0 bridgehead atoms. The van der Waals surface area contributed by atoms with E-state index in [0.29, 0.717) is 9.13 Å². The fourth-order valence-corrected chi connectivity index (χ4v) is 1.89. The number of nitro benzene ring substituents is 1. The van der Waals surface area contributed by atoms with E-state index in [1.54, 1.807) is 18.2 Å². The van der Waals surface area contributed by atoms with E-state index in [1.165, 1.54) is 7.11 Å². The Balaban J connectivity index is 3.11. The lowest BCUT2D eigenvalue weighted by Gasteiger charge is -2.02. The van der Waals surface area contributed by atoms with Crippen LogP contribution >= 0.6 is 22.6 Å². The van der Waals surface area contributed by atoms with E-state index in [2.05, 4.69) is 4.74 Å². The zero-order chi connectivity index (χ0) is 11.4. The first kappa shape index (κ1) is 11.9. The fourth-order valence-electron chi connectivity index (χ4n) is 1.13. The van der Waals surface area contributed by atoms with Crippen LogP contribution in [0.25, 0.3) is 0 Å². The lowest BCUT2D eigenvalue weighted by molar-refractivity contribution is -0.386. The predicted molar refractivity (Wildman–Crippen MR) is 61.5 cm³/mol. The quantitative estimate of drug-likeness (QED) is 0.369. The molecular weight excluding hydrogens is 313 g/mol. The van der Waals surface area contributed by atoms with Crippen molar-refractivity contribution in [3.63, 3.8) is 0 Å². The smallest absolute Gasteiger partial charge is 0.310 e. The third-order valence-corrected chi connectivity index (χ3v) is 2.69. The number of nitrogens with zero attached hydrogens (tertiary/aromatic N) is 1. The molecule has 0 spiro atoms. The maximum Gasteiger partial charge on any atom is 0.310 e. The number of methoxy groups -OCH3 is 1. The lowest BCUT2D eigenvalue weighted by Crippen LogP contribution is -2.07. The first-order valence-electron chi connectivity index (χ1n) is 4.05. The Morgan fingerprint density at radius 1 is 1.60 bits per heavy atom. The summed E-state index contributed by atoms with van der Waals surface area (Å²) < 4.78 is 4.98. The average molecular weight is 321 g/mol. The molecule has 0 radical (unpaired) electrons. The van der Waals surface area contributed by atoms with Crippen molar-refractivity contribution in [2.24, 2.45) is 0 Å². The van der Waals surface area contributed by atoms with Crippen LogP contribution in [0.3, 0.4) is 0 Å². The molecule has 0 atom stereocenters.